The summed E-state index contributed by atoms with van der Waals surface area (Å²) in [4.78, 5) is 23.9. The fourth-order valence-corrected chi connectivity index (χ4v) is 5.16. The zero-order chi connectivity index (χ0) is 25.3. The number of aromatic nitrogens is 1. The van der Waals surface area contributed by atoms with Gasteiger partial charge in [-0.1, -0.05) is 35.9 Å². The lowest BCUT2D eigenvalue weighted by atomic mass is 9.93. The summed E-state index contributed by atoms with van der Waals surface area (Å²) >= 11 is 5.99. The second kappa shape index (κ2) is 10.0. The third-order valence-corrected chi connectivity index (χ3v) is 7.18. The Bertz CT molecular complexity index is 1230. The average Bonchev–Trinajstić information content (AvgIpc) is 3.39. The summed E-state index contributed by atoms with van der Waals surface area (Å²) in [5, 5.41) is 0.706. The van der Waals surface area contributed by atoms with Crippen molar-refractivity contribution in [2.75, 3.05) is 49.1 Å². The molecule has 3 heterocycles. The quantitative estimate of drug-likeness (QED) is 0.447. The van der Waals surface area contributed by atoms with Gasteiger partial charge in [0.05, 0.1) is 5.56 Å². The van der Waals surface area contributed by atoms with E-state index in [4.69, 9.17) is 11.6 Å². The van der Waals surface area contributed by atoms with Gasteiger partial charge in [0, 0.05) is 55.9 Å². The standard InChI is InChI=1S/C27H26ClF3N4O/c28-20-8-10-21(11-9-20)33-14-16-34(17-15-33)25-7-3-6-24(32-25)26(36)35-13-12-19(18-35)22-4-1-2-5-23(22)27(29,30)31/h1-11,19H,12-18H2/t19-/m1/s1. The number of piperazine rings is 1. The molecule has 0 unspecified atom stereocenters. The topological polar surface area (TPSA) is 39.7 Å². The molecule has 2 aliphatic heterocycles. The highest BCUT2D eigenvalue weighted by molar-refractivity contribution is 6.30. The van der Waals surface area contributed by atoms with Crippen LogP contribution in [0, 0.1) is 0 Å². The van der Waals surface area contributed by atoms with Crippen LogP contribution in [0.1, 0.15) is 34.0 Å². The summed E-state index contributed by atoms with van der Waals surface area (Å²) in [5.74, 6) is 0.134. The van der Waals surface area contributed by atoms with Gasteiger partial charge >= 0.3 is 6.18 Å². The largest absolute Gasteiger partial charge is 0.416 e. The Morgan fingerprint density at radius 2 is 1.56 bits per heavy atom. The van der Waals surface area contributed by atoms with Gasteiger partial charge < -0.3 is 14.7 Å². The maximum absolute atomic E-state index is 13.5. The van der Waals surface area contributed by atoms with E-state index in [1.807, 2.05) is 36.4 Å². The van der Waals surface area contributed by atoms with Gasteiger partial charge in [-0.15, -0.1) is 0 Å². The highest BCUT2D eigenvalue weighted by Crippen LogP contribution is 2.38. The summed E-state index contributed by atoms with van der Waals surface area (Å²) < 4.78 is 40.4. The molecule has 36 heavy (non-hydrogen) atoms. The van der Waals surface area contributed by atoms with Crippen molar-refractivity contribution < 1.29 is 18.0 Å². The molecule has 0 bridgehead atoms. The fraction of sp³-hybridized carbons (Fsp3) is 0.333. The first kappa shape index (κ1) is 24.4. The van der Waals surface area contributed by atoms with Crippen LogP contribution in [0.2, 0.25) is 5.02 Å². The Labute approximate surface area is 213 Å². The van der Waals surface area contributed by atoms with E-state index in [1.165, 1.54) is 12.1 Å². The molecule has 0 spiro atoms. The molecule has 2 fully saturated rings. The second-order valence-electron chi connectivity index (χ2n) is 9.15. The third kappa shape index (κ3) is 5.14. The van der Waals surface area contributed by atoms with Crippen molar-refractivity contribution in [3.63, 3.8) is 0 Å². The maximum Gasteiger partial charge on any atom is 0.416 e. The minimum atomic E-state index is -4.42. The van der Waals surface area contributed by atoms with E-state index in [9.17, 15) is 18.0 Å². The summed E-state index contributed by atoms with van der Waals surface area (Å²) in [6.45, 7) is 3.79. The molecule has 1 atom stereocenters. The van der Waals surface area contributed by atoms with E-state index >= 15 is 0 Å². The Kier molecular flexibility index (Phi) is 6.79. The number of halogens is 4. The number of rotatable bonds is 4. The van der Waals surface area contributed by atoms with Crippen LogP contribution >= 0.6 is 11.6 Å². The number of pyridine rings is 1. The molecule has 2 aromatic carbocycles. The first-order chi connectivity index (χ1) is 17.3. The smallest absolute Gasteiger partial charge is 0.368 e. The van der Waals surface area contributed by atoms with Crippen molar-refractivity contribution in [3.8, 4) is 0 Å². The monoisotopic (exact) mass is 514 g/mol. The number of carbonyl (C=O) groups is 1. The molecular weight excluding hydrogens is 489 g/mol. The summed E-state index contributed by atoms with van der Waals surface area (Å²) in [5.41, 5.74) is 1.06. The molecular formula is C27H26ClF3N4O. The van der Waals surface area contributed by atoms with Gasteiger partial charge in [-0.05, 0) is 54.4 Å². The average molecular weight is 515 g/mol. The zero-order valence-corrected chi connectivity index (χ0v) is 20.3. The molecule has 5 rings (SSSR count). The van der Waals surface area contributed by atoms with E-state index in [1.54, 1.807) is 17.0 Å². The molecule has 2 aliphatic rings. The first-order valence-electron chi connectivity index (χ1n) is 12.0. The van der Waals surface area contributed by atoms with E-state index in [0.717, 1.165) is 43.8 Å². The van der Waals surface area contributed by atoms with Gasteiger partial charge in [0.25, 0.3) is 5.91 Å². The summed E-state index contributed by atoms with van der Waals surface area (Å²) in [7, 11) is 0. The molecule has 188 valence electrons. The third-order valence-electron chi connectivity index (χ3n) is 6.93. The van der Waals surface area contributed by atoms with Crippen LogP contribution in [0.15, 0.2) is 66.7 Å². The molecule has 1 aromatic heterocycles. The normalized spacial score (nSPS) is 18.6. The number of alkyl halides is 3. The Balaban J connectivity index is 1.24. The van der Waals surface area contributed by atoms with E-state index in [-0.39, 0.29) is 23.9 Å². The van der Waals surface area contributed by atoms with Crippen LogP contribution in [-0.4, -0.2) is 55.1 Å². The molecule has 1 amide bonds. The van der Waals surface area contributed by atoms with E-state index < -0.39 is 11.7 Å². The Morgan fingerprint density at radius 1 is 0.861 bits per heavy atom. The minimum absolute atomic E-state index is 0.247. The van der Waals surface area contributed by atoms with Crippen LogP contribution in [0.5, 0.6) is 0 Å². The van der Waals surface area contributed by atoms with Crippen LogP contribution in [0.3, 0.4) is 0 Å². The van der Waals surface area contributed by atoms with Crippen LogP contribution in [0.25, 0.3) is 0 Å². The van der Waals surface area contributed by atoms with Gasteiger partial charge in [0.1, 0.15) is 11.5 Å². The van der Waals surface area contributed by atoms with Crippen LogP contribution in [-0.2, 0) is 6.18 Å². The Hall–Kier alpha value is -3.26. The summed E-state index contributed by atoms with van der Waals surface area (Å²) in [6.07, 6.45) is -3.92. The number of nitrogens with zero attached hydrogens (tertiary/aromatic N) is 4. The number of anilines is 2. The Morgan fingerprint density at radius 3 is 2.28 bits per heavy atom. The van der Waals surface area contributed by atoms with E-state index in [0.29, 0.717) is 23.7 Å². The van der Waals surface area contributed by atoms with Crippen LogP contribution in [0.4, 0.5) is 24.7 Å². The van der Waals surface area contributed by atoms with Crippen molar-refractivity contribution >= 4 is 29.0 Å². The minimum Gasteiger partial charge on any atom is -0.368 e. The first-order valence-corrected chi connectivity index (χ1v) is 12.4. The lowest BCUT2D eigenvalue weighted by Crippen LogP contribution is -2.47. The van der Waals surface area contributed by atoms with Crippen molar-refractivity contribution in [2.45, 2.75) is 18.5 Å². The molecule has 3 aromatic rings. The van der Waals surface area contributed by atoms with Gasteiger partial charge in [-0.25, -0.2) is 4.98 Å². The zero-order valence-electron chi connectivity index (χ0n) is 19.6. The molecule has 0 aliphatic carbocycles. The number of carbonyl (C=O) groups excluding carboxylic acids is 1. The predicted octanol–water partition coefficient (Wildman–Crippen LogP) is 5.71. The summed E-state index contributed by atoms with van der Waals surface area (Å²) in [6, 6.07) is 18.8. The van der Waals surface area contributed by atoms with Crippen molar-refractivity contribution in [1.29, 1.82) is 0 Å². The molecule has 0 radical (unpaired) electrons. The number of hydrogen-bond donors (Lipinski definition) is 0. The number of hydrogen-bond acceptors (Lipinski definition) is 4. The number of likely N-dealkylation sites (tertiary alicyclic amines) is 1. The number of amides is 1. The van der Waals surface area contributed by atoms with Gasteiger partial charge in [0.2, 0.25) is 0 Å². The molecule has 0 saturated carbocycles. The lowest BCUT2D eigenvalue weighted by Gasteiger charge is -2.36. The fourth-order valence-electron chi connectivity index (χ4n) is 5.04. The SMILES string of the molecule is O=C(c1cccc(N2CCN(c3ccc(Cl)cc3)CC2)n1)N1CC[C@@H](c2ccccc2C(F)(F)F)C1. The van der Waals surface area contributed by atoms with Crippen molar-refractivity contribution in [3.05, 3.63) is 88.6 Å². The van der Waals surface area contributed by atoms with Crippen molar-refractivity contribution in [1.82, 2.24) is 9.88 Å². The lowest BCUT2D eigenvalue weighted by molar-refractivity contribution is -0.138. The predicted molar refractivity (Wildman–Crippen MR) is 135 cm³/mol. The molecule has 5 nitrogen and oxygen atoms in total. The second-order valence-corrected chi connectivity index (χ2v) is 9.59. The maximum atomic E-state index is 13.5. The van der Waals surface area contributed by atoms with E-state index in [2.05, 4.69) is 14.8 Å². The van der Waals surface area contributed by atoms with Gasteiger partial charge in [-0.2, -0.15) is 13.2 Å². The molecule has 9 heteroatoms. The highest BCUT2D eigenvalue weighted by Gasteiger charge is 2.37. The van der Waals surface area contributed by atoms with Gasteiger partial charge in [0.15, 0.2) is 0 Å². The van der Waals surface area contributed by atoms with Crippen molar-refractivity contribution in [2.24, 2.45) is 0 Å². The molecule has 2 saturated heterocycles. The van der Waals surface area contributed by atoms with Gasteiger partial charge in [-0.3, -0.25) is 4.79 Å². The molecule has 0 N–H and O–H groups in total. The van der Waals surface area contributed by atoms with Crippen LogP contribution < -0.4 is 9.80 Å². The number of benzene rings is 2. The highest BCUT2D eigenvalue weighted by atomic mass is 35.5.